The molecule has 0 radical (unpaired) electrons. The summed E-state index contributed by atoms with van der Waals surface area (Å²) >= 11 is 6.03. The van der Waals surface area contributed by atoms with Crippen LogP contribution in [0.15, 0.2) is 18.2 Å². The minimum Gasteiger partial charge on any atom is -0.481 e. The maximum Gasteiger partial charge on any atom is 0.306 e. The molecule has 2 unspecified atom stereocenters. The Hall–Kier alpha value is -1.09. The molecule has 1 saturated carbocycles. The highest BCUT2D eigenvalue weighted by molar-refractivity contribution is 6.31. The number of carbonyl (C=O) groups is 1. The first-order valence-corrected chi connectivity index (χ1v) is 6.62. The van der Waals surface area contributed by atoms with E-state index in [1.54, 1.807) is 0 Å². The summed E-state index contributed by atoms with van der Waals surface area (Å²) in [5.74, 6) is -1.32. The lowest BCUT2D eigenvalue weighted by atomic mass is 9.76. The van der Waals surface area contributed by atoms with E-state index in [0.717, 1.165) is 24.8 Å². The lowest BCUT2D eigenvalue weighted by Gasteiger charge is -2.28. The number of hydrogen-bond acceptors (Lipinski definition) is 1. The molecule has 0 amide bonds. The molecule has 0 heterocycles. The first-order chi connectivity index (χ1) is 8.58. The maximum atomic E-state index is 13.2. The van der Waals surface area contributed by atoms with Crippen molar-refractivity contribution in [3.63, 3.8) is 0 Å². The van der Waals surface area contributed by atoms with Crippen LogP contribution in [0.25, 0.3) is 0 Å². The van der Waals surface area contributed by atoms with Crippen molar-refractivity contribution >= 4 is 17.6 Å². The molecule has 2 rings (SSSR count). The van der Waals surface area contributed by atoms with Gasteiger partial charge in [-0.3, -0.25) is 4.79 Å². The fourth-order valence-electron chi connectivity index (χ4n) is 2.76. The molecule has 0 aliphatic heterocycles. The van der Waals surface area contributed by atoms with Gasteiger partial charge in [0.2, 0.25) is 0 Å². The van der Waals surface area contributed by atoms with Gasteiger partial charge in [-0.15, -0.1) is 0 Å². The van der Waals surface area contributed by atoms with Crippen LogP contribution in [0.3, 0.4) is 0 Å². The monoisotopic (exact) mass is 270 g/mol. The maximum absolute atomic E-state index is 13.2. The zero-order valence-corrected chi connectivity index (χ0v) is 10.8. The van der Waals surface area contributed by atoms with Crippen molar-refractivity contribution < 1.29 is 14.3 Å². The van der Waals surface area contributed by atoms with Gasteiger partial charge in [0.25, 0.3) is 0 Å². The van der Waals surface area contributed by atoms with Crippen molar-refractivity contribution in [3.8, 4) is 0 Å². The number of hydrogen-bond donors (Lipinski definition) is 1. The largest absolute Gasteiger partial charge is 0.481 e. The lowest BCUT2D eigenvalue weighted by molar-refractivity contribution is -0.144. The lowest BCUT2D eigenvalue weighted by Crippen LogP contribution is -2.28. The fourth-order valence-corrected chi connectivity index (χ4v) is 2.95. The van der Waals surface area contributed by atoms with E-state index in [9.17, 15) is 14.3 Å². The highest BCUT2D eigenvalue weighted by atomic mass is 35.5. The van der Waals surface area contributed by atoms with Crippen LogP contribution in [0, 0.1) is 17.7 Å². The summed E-state index contributed by atoms with van der Waals surface area (Å²) in [5.41, 5.74) is 0.717. The van der Waals surface area contributed by atoms with Gasteiger partial charge in [0.05, 0.1) is 5.92 Å². The normalized spacial score (nSPS) is 23.9. The Morgan fingerprint density at radius 1 is 1.39 bits per heavy atom. The number of aliphatic carboxylic acids is 1. The smallest absolute Gasteiger partial charge is 0.306 e. The molecule has 0 bridgehead atoms. The standard InChI is InChI=1S/C14H16ClFO2/c15-13-6-5-11(16)8-10(13)7-9-3-1-2-4-12(9)14(17)18/h5-6,8-9,12H,1-4,7H2,(H,17,18). The summed E-state index contributed by atoms with van der Waals surface area (Å²) in [5, 5.41) is 9.72. The van der Waals surface area contributed by atoms with Gasteiger partial charge in [0, 0.05) is 5.02 Å². The second-order valence-corrected chi connectivity index (χ2v) is 5.34. The second-order valence-electron chi connectivity index (χ2n) is 4.93. The van der Waals surface area contributed by atoms with E-state index < -0.39 is 5.97 Å². The molecule has 2 nitrogen and oxygen atoms in total. The van der Waals surface area contributed by atoms with E-state index in [-0.39, 0.29) is 17.7 Å². The average Bonchev–Trinajstić information content (AvgIpc) is 2.34. The second kappa shape index (κ2) is 5.70. The number of rotatable bonds is 3. The molecular weight excluding hydrogens is 255 g/mol. The van der Waals surface area contributed by atoms with E-state index in [1.807, 2.05) is 0 Å². The summed E-state index contributed by atoms with van der Waals surface area (Å²) in [6.45, 7) is 0. The van der Waals surface area contributed by atoms with Crippen molar-refractivity contribution in [3.05, 3.63) is 34.6 Å². The van der Waals surface area contributed by atoms with E-state index in [0.29, 0.717) is 17.9 Å². The molecule has 1 aliphatic carbocycles. The molecule has 98 valence electrons. The third-order valence-corrected chi connectivity index (χ3v) is 4.08. The molecule has 1 aliphatic rings. The topological polar surface area (TPSA) is 37.3 Å². The molecule has 0 aromatic heterocycles. The molecule has 1 aromatic rings. The minimum absolute atomic E-state index is 0.0653. The molecular formula is C14H16ClFO2. The Morgan fingerprint density at radius 3 is 2.83 bits per heavy atom. The molecule has 1 N–H and O–H groups in total. The average molecular weight is 271 g/mol. The highest BCUT2D eigenvalue weighted by Crippen LogP contribution is 2.34. The predicted molar refractivity (Wildman–Crippen MR) is 68.2 cm³/mol. The van der Waals surface area contributed by atoms with E-state index in [1.165, 1.54) is 18.2 Å². The summed E-state index contributed by atoms with van der Waals surface area (Å²) < 4.78 is 13.2. The van der Waals surface area contributed by atoms with Crippen LogP contribution in [-0.4, -0.2) is 11.1 Å². The van der Waals surface area contributed by atoms with E-state index in [4.69, 9.17) is 11.6 Å². The SMILES string of the molecule is O=C(O)C1CCCCC1Cc1cc(F)ccc1Cl. The summed E-state index contributed by atoms with van der Waals surface area (Å²) in [6, 6.07) is 4.27. The zero-order valence-electron chi connectivity index (χ0n) is 10.0. The molecule has 1 fully saturated rings. The first kappa shape index (κ1) is 13.3. The number of carboxylic acids is 1. The third-order valence-electron chi connectivity index (χ3n) is 3.72. The van der Waals surface area contributed by atoms with Crippen molar-refractivity contribution in [2.75, 3.05) is 0 Å². The molecule has 4 heteroatoms. The van der Waals surface area contributed by atoms with Crippen molar-refractivity contribution in [1.29, 1.82) is 0 Å². The van der Waals surface area contributed by atoms with Gasteiger partial charge in [-0.2, -0.15) is 0 Å². The van der Waals surface area contributed by atoms with Gasteiger partial charge in [0.1, 0.15) is 5.82 Å². The van der Waals surface area contributed by atoms with Crippen molar-refractivity contribution in [1.82, 2.24) is 0 Å². The van der Waals surface area contributed by atoms with Crippen LogP contribution in [0.2, 0.25) is 5.02 Å². The number of carboxylic acid groups (broad SMARTS) is 1. The predicted octanol–water partition coefficient (Wildman–Crippen LogP) is 3.91. The molecule has 0 saturated heterocycles. The third kappa shape index (κ3) is 3.02. The summed E-state index contributed by atoms with van der Waals surface area (Å²) in [6.07, 6.45) is 4.15. The first-order valence-electron chi connectivity index (χ1n) is 6.24. The number of benzene rings is 1. The highest BCUT2D eigenvalue weighted by Gasteiger charge is 2.31. The molecule has 2 atom stereocenters. The van der Waals surface area contributed by atoms with Crippen LogP contribution in [-0.2, 0) is 11.2 Å². The quantitative estimate of drug-likeness (QED) is 0.904. The summed E-state index contributed by atoms with van der Waals surface area (Å²) in [7, 11) is 0. The van der Waals surface area contributed by atoms with E-state index >= 15 is 0 Å². The Bertz CT molecular complexity index is 447. The van der Waals surface area contributed by atoms with Crippen LogP contribution >= 0.6 is 11.6 Å². The fraction of sp³-hybridized carbons (Fsp3) is 0.500. The molecule has 18 heavy (non-hydrogen) atoms. The van der Waals surface area contributed by atoms with Crippen LogP contribution in [0.4, 0.5) is 4.39 Å². The minimum atomic E-state index is -0.743. The molecule has 0 spiro atoms. The van der Waals surface area contributed by atoms with Gasteiger partial charge in [-0.05, 0) is 48.9 Å². The van der Waals surface area contributed by atoms with Gasteiger partial charge >= 0.3 is 5.97 Å². The van der Waals surface area contributed by atoms with Gasteiger partial charge in [0.15, 0.2) is 0 Å². The Balaban J connectivity index is 2.15. The van der Waals surface area contributed by atoms with E-state index in [2.05, 4.69) is 0 Å². The van der Waals surface area contributed by atoms with Crippen LogP contribution in [0.5, 0.6) is 0 Å². The Kier molecular flexibility index (Phi) is 4.23. The summed E-state index contributed by atoms with van der Waals surface area (Å²) in [4.78, 5) is 11.2. The van der Waals surface area contributed by atoms with Gasteiger partial charge in [-0.25, -0.2) is 4.39 Å². The zero-order chi connectivity index (χ0) is 13.1. The van der Waals surface area contributed by atoms with Gasteiger partial charge in [-0.1, -0.05) is 24.4 Å². The van der Waals surface area contributed by atoms with Crippen molar-refractivity contribution in [2.24, 2.45) is 11.8 Å². The van der Waals surface area contributed by atoms with Gasteiger partial charge < -0.3 is 5.11 Å². The van der Waals surface area contributed by atoms with Crippen LogP contribution in [0.1, 0.15) is 31.2 Å². The van der Waals surface area contributed by atoms with Crippen LogP contribution < -0.4 is 0 Å². The Labute approximate surface area is 111 Å². The number of halogens is 2. The Morgan fingerprint density at radius 2 is 2.11 bits per heavy atom. The van der Waals surface area contributed by atoms with Crippen molar-refractivity contribution in [2.45, 2.75) is 32.1 Å². The molecule has 1 aromatic carbocycles.